The second-order valence-corrected chi connectivity index (χ2v) is 5.69. The summed E-state index contributed by atoms with van der Waals surface area (Å²) in [7, 11) is 3.42. The highest BCUT2D eigenvalue weighted by Gasteiger charge is 2.12. The van der Waals surface area contributed by atoms with Crippen molar-refractivity contribution in [2.24, 2.45) is 0 Å². The third-order valence-electron chi connectivity index (χ3n) is 2.96. The Bertz CT molecular complexity index is 786. The molecule has 0 aliphatic heterocycles. The van der Waals surface area contributed by atoms with Crippen molar-refractivity contribution in [1.29, 1.82) is 0 Å². The van der Waals surface area contributed by atoms with Crippen LogP contribution in [0.3, 0.4) is 0 Å². The molecule has 0 radical (unpaired) electrons. The van der Waals surface area contributed by atoms with E-state index in [9.17, 15) is 0 Å². The summed E-state index contributed by atoms with van der Waals surface area (Å²) in [5.41, 5.74) is 0. The summed E-state index contributed by atoms with van der Waals surface area (Å²) in [5.74, 6) is 2.51. The highest BCUT2D eigenvalue weighted by molar-refractivity contribution is 7.18. The van der Waals surface area contributed by atoms with Crippen LogP contribution in [0.4, 0.5) is 5.95 Å². The summed E-state index contributed by atoms with van der Waals surface area (Å²) in [4.78, 5) is 10.9. The lowest BCUT2D eigenvalue weighted by molar-refractivity contribution is 0.408. The lowest BCUT2D eigenvalue weighted by atomic mass is 10.3. The highest BCUT2D eigenvalue weighted by atomic mass is 32.1. The van der Waals surface area contributed by atoms with E-state index in [1.807, 2.05) is 37.3 Å². The first kappa shape index (κ1) is 13.6. The number of anilines is 1. The second-order valence-electron chi connectivity index (χ2n) is 4.46. The molecule has 1 aromatic carbocycles. The Kier molecular flexibility index (Phi) is 3.62. The van der Waals surface area contributed by atoms with Crippen LogP contribution in [-0.4, -0.2) is 24.1 Å². The summed E-state index contributed by atoms with van der Waals surface area (Å²) < 4.78 is 11.1. The molecule has 0 saturated carbocycles. The van der Waals surface area contributed by atoms with Gasteiger partial charge in [0.05, 0.1) is 12.5 Å². The Hall–Kier alpha value is -2.34. The van der Waals surface area contributed by atoms with Crippen LogP contribution in [0.1, 0.15) is 4.88 Å². The fourth-order valence-electron chi connectivity index (χ4n) is 1.98. The van der Waals surface area contributed by atoms with Crippen molar-refractivity contribution in [3.05, 3.63) is 35.2 Å². The van der Waals surface area contributed by atoms with Crippen LogP contribution in [-0.2, 0) is 0 Å². The number of hydrogen-bond acceptors (Lipinski definition) is 6. The molecule has 0 fully saturated rings. The molecular weight excluding hydrogens is 286 g/mol. The van der Waals surface area contributed by atoms with Gasteiger partial charge in [0.15, 0.2) is 0 Å². The fourth-order valence-corrected chi connectivity index (χ4v) is 2.85. The van der Waals surface area contributed by atoms with Crippen molar-refractivity contribution in [2.75, 3.05) is 19.5 Å². The van der Waals surface area contributed by atoms with E-state index in [2.05, 4.69) is 15.3 Å². The van der Waals surface area contributed by atoms with E-state index in [-0.39, 0.29) is 0 Å². The molecule has 3 aromatic rings. The van der Waals surface area contributed by atoms with Crippen molar-refractivity contribution < 1.29 is 9.47 Å². The molecule has 0 saturated heterocycles. The van der Waals surface area contributed by atoms with Crippen LogP contribution in [0.25, 0.3) is 10.2 Å². The predicted molar refractivity (Wildman–Crippen MR) is 84.8 cm³/mol. The molecule has 108 valence electrons. The normalized spacial score (nSPS) is 10.6. The minimum absolute atomic E-state index is 0.543. The highest BCUT2D eigenvalue weighted by Crippen LogP contribution is 2.34. The molecule has 2 aromatic heterocycles. The Morgan fingerprint density at radius 3 is 2.71 bits per heavy atom. The quantitative estimate of drug-likeness (QED) is 0.793. The number of methoxy groups -OCH3 is 1. The van der Waals surface area contributed by atoms with Gasteiger partial charge >= 0.3 is 0 Å². The van der Waals surface area contributed by atoms with Crippen molar-refractivity contribution >= 4 is 27.5 Å². The molecule has 0 aliphatic rings. The molecule has 0 unspecified atom stereocenters. The zero-order valence-corrected chi connectivity index (χ0v) is 12.8. The SMILES string of the molecule is CNc1nc(Oc2cccc(OC)c2)c2cc(C)sc2n1. The number of benzene rings is 1. The van der Waals surface area contributed by atoms with E-state index in [1.165, 1.54) is 4.88 Å². The summed E-state index contributed by atoms with van der Waals surface area (Å²) >= 11 is 1.62. The van der Waals surface area contributed by atoms with Gasteiger partial charge in [-0.25, -0.2) is 4.98 Å². The van der Waals surface area contributed by atoms with Crippen LogP contribution in [0.5, 0.6) is 17.4 Å². The van der Waals surface area contributed by atoms with Crippen LogP contribution >= 0.6 is 11.3 Å². The fraction of sp³-hybridized carbons (Fsp3) is 0.200. The smallest absolute Gasteiger partial charge is 0.232 e. The van der Waals surface area contributed by atoms with Gasteiger partial charge in [0.2, 0.25) is 11.8 Å². The first-order valence-electron chi connectivity index (χ1n) is 6.47. The van der Waals surface area contributed by atoms with Crippen LogP contribution in [0.2, 0.25) is 0 Å². The van der Waals surface area contributed by atoms with E-state index < -0.39 is 0 Å². The molecule has 6 heteroatoms. The van der Waals surface area contributed by atoms with E-state index in [0.29, 0.717) is 17.6 Å². The molecule has 0 aliphatic carbocycles. The Morgan fingerprint density at radius 1 is 1.14 bits per heavy atom. The second kappa shape index (κ2) is 5.57. The Balaban J connectivity index is 2.05. The molecule has 0 bridgehead atoms. The van der Waals surface area contributed by atoms with Crippen LogP contribution in [0, 0.1) is 6.92 Å². The zero-order valence-electron chi connectivity index (χ0n) is 12.0. The zero-order chi connectivity index (χ0) is 14.8. The first-order valence-corrected chi connectivity index (χ1v) is 7.29. The van der Waals surface area contributed by atoms with Crippen LogP contribution < -0.4 is 14.8 Å². The minimum Gasteiger partial charge on any atom is -0.497 e. The lowest BCUT2D eigenvalue weighted by Gasteiger charge is -2.08. The van der Waals surface area contributed by atoms with Gasteiger partial charge in [-0.2, -0.15) is 4.98 Å². The summed E-state index contributed by atoms with van der Waals surface area (Å²) in [5, 5.41) is 3.87. The molecule has 0 amide bonds. The van der Waals surface area contributed by atoms with Crippen molar-refractivity contribution in [1.82, 2.24) is 9.97 Å². The van der Waals surface area contributed by atoms with E-state index in [4.69, 9.17) is 9.47 Å². The number of fused-ring (bicyclic) bond motifs is 1. The van der Waals surface area contributed by atoms with E-state index >= 15 is 0 Å². The molecule has 2 heterocycles. The van der Waals surface area contributed by atoms with Crippen molar-refractivity contribution in [2.45, 2.75) is 6.92 Å². The van der Waals surface area contributed by atoms with Gasteiger partial charge in [0.1, 0.15) is 16.3 Å². The maximum Gasteiger partial charge on any atom is 0.232 e. The van der Waals surface area contributed by atoms with Gasteiger partial charge in [0.25, 0.3) is 0 Å². The summed E-state index contributed by atoms with van der Waals surface area (Å²) in [6.07, 6.45) is 0. The number of rotatable bonds is 4. The number of aryl methyl sites for hydroxylation is 1. The molecule has 0 atom stereocenters. The minimum atomic E-state index is 0.543. The third-order valence-corrected chi connectivity index (χ3v) is 3.90. The standard InChI is InChI=1S/C15H15N3O2S/c1-9-7-12-13(17-15(16-2)18-14(12)21-9)20-11-6-4-5-10(8-11)19-3/h4-8H,1-3H3,(H,16,17,18). The number of thiophene rings is 1. The molecule has 1 N–H and O–H groups in total. The molecule has 21 heavy (non-hydrogen) atoms. The average Bonchev–Trinajstić information content (AvgIpc) is 2.88. The number of aromatic nitrogens is 2. The number of nitrogens with zero attached hydrogens (tertiary/aromatic N) is 2. The number of nitrogens with one attached hydrogen (secondary N) is 1. The average molecular weight is 301 g/mol. The topological polar surface area (TPSA) is 56.3 Å². The largest absolute Gasteiger partial charge is 0.497 e. The van der Waals surface area contributed by atoms with E-state index in [0.717, 1.165) is 16.0 Å². The van der Waals surface area contributed by atoms with Crippen molar-refractivity contribution in [3.63, 3.8) is 0 Å². The lowest BCUT2D eigenvalue weighted by Crippen LogP contribution is -1.98. The summed E-state index contributed by atoms with van der Waals surface area (Å²) in [6.45, 7) is 2.04. The van der Waals surface area contributed by atoms with Crippen molar-refractivity contribution in [3.8, 4) is 17.4 Å². The molecular formula is C15H15N3O2S. The third kappa shape index (κ3) is 2.75. The molecule has 0 spiro atoms. The molecule has 5 nitrogen and oxygen atoms in total. The number of ether oxygens (including phenoxy) is 2. The van der Waals surface area contributed by atoms with E-state index in [1.54, 1.807) is 25.5 Å². The van der Waals surface area contributed by atoms with Gasteiger partial charge < -0.3 is 14.8 Å². The summed E-state index contributed by atoms with van der Waals surface area (Å²) in [6, 6.07) is 9.48. The number of hydrogen-bond donors (Lipinski definition) is 1. The van der Waals surface area contributed by atoms with Gasteiger partial charge in [0, 0.05) is 18.0 Å². The van der Waals surface area contributed by atoms with Gasteiger partial charge in [-0.3, -0.25) is 0 Å². The first-order chi connectivity index (χ1) is 10.2. The maximum atomic E-state index is 5.93. The monoisotopic (exact) mass is 301 g/mol. The maximum absolute atomic E-state index is 5.93. The van der Waals surface area contributed by atoms with Gasteiger partial charge in [-0.05, 0) is 25.1 Å². The predicted octanol–water partition coefficient (Wildman–Crippen LogP) is 3.84. The van der Waals surface area contributed by atoms with Crippen LogP contribution in [0.15, 0.2) is 30.3 Å². The molecule has 3 rings (SSSR count). The van der Waals surface area contributed by atoms with Gasteiger partial charge in [-0.15, -0.1) is 11.3 Å². The van der Waals surface area contributed by atoms with Gasteiger partial charge in [-0.1, -0.05) is 6.07 Å². The Morgan fingerprint density at radius 2 is 1.95 bits per heavy atom. The Labute approximate surface area is 126 Å².